The van der Waals surface area contributed by atoms with Gasteiger partial charge in [-0.1, -0.05) is 13.8 Å². The number of hydrogen-bond donors (Lipinski definition) is 3. The molecule has 0 saturated heterocycles. The lowest BCUT2D eigenvalue weighted by atomic mass is 10.1. The summed E-state index contributed by atoms with van der Waals surface area (Å²) in [6.45, 7) is 5.30. The van der Waals surface area contributed by atoms with E-state index in [-0.39, 0.29) is 0 Å². The minimum absolute atomic E-state index is 0.505. The Kier molecular flexibility index (Phi) is 3.71. The number of imidazole rings is 1. The molecule has 3 rings (SSSR count). The maximum atomic E-state index is 4.59. The van der Waals surface area contributed by atoms with E-state index < -0.39 is 0 Å². The minimum atomic E-state index is 0.505. The van der Waals surface area contributed by atoms with Crippen LogP contribution in [-0.4, -0.2) is 32.5 Å². The molecule has 2 atom stereocenters. The van der Waals surface area contributed by atoms with E-state index in [1.807, 2.05) is 0 Å². The summed E-state index contributed by atoms with van der Waals surface area (Å²) in [5.41, 5.74) is 1.61. The molecule has 6 nitrogen and oxygen atoms in total. The second-order valence-corrected chi connectivity index (χ2v) is 5.68. The van der Waals surface area contributed by atoms with Crippen molar-refractivity contribution in [3.63, 3.8) is 0 Å². The molecule has 2 aromatic rings. The molecular weight excluding hydrogens is 252 g/mol. The summed E-state index contributed by atoms with van der Waals surface area (Å²) in [5.74, 6) is 2.31. The fourth-order valence-electron chi connectivity index (χ4n) is 2.79. The number of fused-ring (bicyclic) bond motifs is 1. The van der Waals surface area contributed by atoms with Gasteiger partial charge in [-0.25, -0.2) is 4.98 Å². The average molecular weight is 274 g/mol. The highest BCUT2D eigenvalue weighted by Gasteiger charge is 2.22. The van der Waals surface area contributed by atoms with Crippen molar-refractivity contribution >= 4 is 22.9 Å². The van der Waals surface area contributed by atoms with Crippen LogP contribution in [0.15, 0.2) is 6.33 Å². The molecule has 0 bridgehead atoms. The predicted octanol–water partition coefficient (Wildman–Crippen LogP) is 2.78. The third kappa shape index (κ3) is 2.69. The number of aromatic nitrogens is 4. The Hall–Kier alpha value is -1.85. The summed E-state index contributed by atoms with van der Waals surface area (Å²) in [4.78, 5) is 16.4. The van der Waals surface area contributed by atoms with Crippen LogP contribution in [0.2, 0.25) is 0 Å². The normalized spacial score (nSPS) is 22.3. The van der Waals surface area contributed by atoms with Crippen LogP contribution in [0.4, 0.5) is 11.8 Å². The smallest absolute Gasteiger partial charge is 0.226 e. The highest BCUT2D eigenvalue weighted by Crippen LogP contribution is 2.28. The van der Waals surface area contributed by atoms with Crippen molar-refractivity contribution in [3.05, 3.63) is 6.33 Å². The lowest BCUT2D eigenvalue weighted by molar-refractivity contribution is 0.602. The first-order chi connectivity index (χ1) is 9.76. The first-order valence-electron chi connectivity index (χ1n) is 7.47. The molecule has 2 heterocycles. The molecule has 2 unspecified atom stereocenters. The Balaban J connectivity index is 1.85. The number of H-pyrrole nitrogens is 1. The van der Waals surface area contributed by atoms with Gasteiger partial charge in [0, 0.05) is 12.6 Å². The van der Waals surface area contributed by atoms with Crippen LogP contribution in [0, 0.1) is 5.92 Å². The van der Waals surface area contributed by atoms with E-state index in [0.717, 1.165) is 30.2 Å². The first kappa shape index (κ1) is 13.1. The van der Waals surface area contributed by atoms with Crippen LogP contribution in [0.25, 0.3) is 11.2 Å². The largest absolute Gasteiger partial charge is 0.365 e. The summed E-state index contributed by atoms with van der Waals surface area (Å²) >= 11 is 0. The molecule has 2 aromatic heterocycles. The molecule has 0 radical (unpaired) electrons. The fraction of sp³-hybridized carbons (Fsp3) is 0.643. The van der Waals surface area contributed by atoms with Crippen LogP contribution in [0.3, 0.4) is 0 Å². The fourth-order valence-corrected chi connectivity index (χ4v) is 2.79. The maximum absolute atomic E-state index is 4.59. The van der Waals surface area contributed by atoms with Crippen molar-refractivity contribution in [2.45, 2.75) is 45.6 Å². The second-order valence-electron chi connectivity index (χ2n) is 5.68. The third-order valence-corrected chi connectivity index (χ3v) is 3.85. The number of nitrogens with one attached hydrogen (secondary N) is 3. The molecule has 108 valence electrons. The Labute approximate surface area is 118 Å². The zero-order chi connectivity index (χ0) is 13.9. The van der Waals surface area contributed by atoms with E-state index in [2.05, 4.69) is 44.4 Å². The number of rotatable bonds is 5. The predicted molar refractivity (Wildman–Crippen MR) is 80.9 cm³/mol. The van der Waals surface area contributed by atoms with Gasteiger partial charge < -0.3 is 15.6 Å². The van der Waals surface area contributed by atoms with Gasteiger partial charge in [0.1, 0.15) is 5.52 Å². The van der Waals surface area contributed by atoms with Gasteiger partial charge in [0.05, 0.1) is 6.33 Å². The van der Waals surface area contributed by atoms with Crippen molar-refractivity contribution in [1.82, 2.24) is 19.9 Å². The van der Waals surface area contributed by atoms with Crippen molar-refractivity contribution < 1.29 is 0 Å². The summed E-state index contributed by atoms with van der Waals surface area (Å²) in [5, 5.41) is 6.79. The summed E-state index contributed by atoms with van der Waals surface area (Å²) in [7, 11) is 0. The highest BCUT2D eigenvalue weighted by molar-refractivity contribution is 5.83. The van der Waals surface area contributed by atoms with Gasteiger partial charge in [-0.05, 0) is 31.6 Å². The SMILES string of the molecule is CCCNc1nc(NC2CCC(C)C2)c2[nH]cnc2n1. The Morgan fingerprint density at radius 3 is 3.00 bits per heavy atom. The van der Waals surface area contributed by atoms with Crippen LogP contribution < -0.4 is 10.6 Å². The van der Waals surface area contributed by atoms with E-state index in [1.54, 1.807) is 6.33 Å². The van der Waals surface area contributed by atoms with Gasteiger partial charge in [0.2, 0.25) is 5.95 Å². The summed E-state index contributed by atoms with van der Waals surface area (Å²) in [6.07, 6.45) is 6.42. The van der Waals surface area contributed by atoms with E-state index in [1.165, 1.54) is 19.3 Å². The number of nitrogens with zero attached hydrogens (tertiary/aromatic N) is 3. The molecule has 3 N–H and O–H groups in total. The van der Waals surface area contributed by atoms with Crippen LogP contribution in [-0.2, 0) is 0 Å². The molecular formula is C14H22N6. The van der Waals surface area contributed by atoms with E-state index >= 15 is 0 Å². The molecule has 6 heteroatoms. The van der Waals surface area contributed by atoms with Gasteiger partial charge in [-0.3, -0.25) is 0 Å². The van der Waals surface area contributed by atoms with E-state index in [4.69, 9.17) is 0 Å². The standard InChI is InChI=1S/C14H22N6/c1-3-6-15-14-19-12-11(16-8-17-12)13(20-14)18-10-5-4-9(2)7-10/h8-10H,3-7H2,1-2H3,(H3,15,16,17,18,19,20). The topological polar surface area (TPSA) is 78.5 Å². The molecule has 20 heavy (non-hydrogen) atoms. The Morgan fingerprint density at radius 2 is 2.25 bits per heavy atom. The van der Waals surface area contributed by atoms with Crippen LogP contribution in [0.5, 0.6) is 0 Å². The molecule has 1 saturated carbocycles. The van der Waals surface area contributed by atoms with Gasteiger partial charge in [0.15, 0.2) is 11.5 Å². The summed E-state index contributed by atoms with van der Waals surface area (Å²) in [6, 6.07) is 0.505. The number of aromatic amines is 1. The minimum Gasteiger partial charge on any atom is -0.365 e. The first-order valence-corrected chi connectivity index (χ1v) is 7.47. The van der Waals surface area contributed by atoms with Gasteiger partial charge in [0.25, 0.3) is 0 Å². The van der Waals surface area contributed by atoms with Crippen molar-refractivity contribution in [2.24, 2.45) is 5.92 Å². The maximum Gasteiger partial charge on any atom is 0.226 e. The van der Waals surface area contributed by atoms with E-state index in [9.17, 15) is 0 Å². The van der Waals surface area contributed by atoms with Crippen LogP contribution in [0.1, 0.15) is 39.5 Å². The van der Waals surface area contributed by atoms with Gasteiger partial charge in [-0.15, -0.1) is 0 Å². The summed E-state index contributed by atoms with van der Waals surface area (Å²) < 4.78 is 0. The number of hydrogen-bond acceptors (Lipinski definition) is 5. The molecule has 1 fully saturated rings. The van der Waals surface area contributed by atoms with Crippen molar-refractivity contribution in [1.29, 1.82) is 0 Å². The zero-order valence-electron chi connectivity index (χ0n) is 12.1. The Bertz CT molecular complexity index is 578. The van der Waals surface area contributed by atoms with Gasteiger partial charge >= 0.3 is 0 Å². The number of anilines is 2. The Morgan fingerprint density at radius 1 is 1.35 bits per heavy atom. The quantitative estimate of drug-likeness (QED) is 0.781. The molecule has 1 aliphatic rings. The monoisotopic (exact) mass is 274 g/mol. The van der Waals surface area contributed by atoms with Crippen molar-refractivity contribution in [2.75, 3.05) is 17.2 Å². The molecule has 0 aliphatic heterocycles. The zero-order valence-corrected chi connectivity index (χ0v) is 12.1. The highest BCUT2D eigenvalue weighted by atomic mass is 15.2. The lowest BCUT2D eigenvalue weighted by Crippen LogP contribution is -2.17. The third-order valence-electron chi connectivity index (χ3n) is 3.85. The lowest BCUT2D eigenvalue weighted by Gasteiger charge is -2.14. The second kappa shape index (κ2) is 5.64. The molecule has 1 aliphatic carbocycles. The van der Waals surface area contributed by atoms with Crippen LogP contribution >= 0.6 is 0 Å². The molecule has 0 amide bonds. The molecule has 0 spiro atoms. The van der Waals surface area contributed by atoms with E-state index in [0.29, 0.717) is 17.6 Å². The average Bonchev–Trinajstić information content (AvgIpc) is 3.05. The van der Waals surface area contributed by atoms with Gasteiger partial charge in [-0.2, -0.15) is 9.97 Å². The molecule has 0 aromatic carbocycles. The van der Waals surface area contributed by atoms with Crippen molar-refractivity contribution in [3.8, 4) is 0 Å².